The maximum absolute atomic E-state index is 9.49. The van der Waals surface area contributed by atoms with Crippen molar-refractivity contribution in [2.24, 2.45) is 5.41 Å². The van der Waals surface area contributed by atoms with Crippen LogP contribution in [0.5, 0.6) is 0 Å². The van der Waals surface area contributed by atoms with E-state index < -0.39 is 12.2 Å². The van der Waals surface area contributed by atoms with E-state index >= 15 is 0 Å². The van der Waals surface area contributed by atoms with Crippen LogP contribution in [0, 0.1) is 5.41 Å². The summed E-state index contributed by atoms with van der Waals surface area (Å²) in [5.74, 6) is 0.926. The van der Waals surface area contributed by atoms with Crippen LogP contribution in [0.4, 0.5) is 0 Å². The minimum absolute atomic E-state index is 0.340. The Morgan fingerprint density at radius 1 is 1.13 bits per heavy atom. The highest BCUT2D eigenvalue weighted by molar-refractivity contribution is 7.80. The molecule has 1 aliphatic carbocycles. The van der Waals surface area contributed by atoms with Crippen molar-refractivity contribution in [3.8, 4) is 0 Å². The fourth-order valence-corrected chi connectivity index (χ4v) is 3.36. The molecule has 0 aromatic heterocycles. The molecule has 1 saturated heterocycles. The van der Waals surface area contributed by atoms with Gasteiger partial charge in [0.2, 0.25) is 0 Å². The van der Waals surface area contributed by atoms with E-state index in [2.05, 4.69) is 17.5 Å². The van der Waals surface area contributed by atoms with Crippen LogP contribution >= 0.6 is 12.6 Å². The zero-order valence-electron chi connectivity index (χ0n) is 9.10. The van der Waals surface area contributed by atoms with Gasteiger partial charge in [0.15, 0.2) is 0 Å². The molecular formula is C11H21NO2S. The predicted octanol–water partition coefficient (Wildman–Crippen LogP) is 0.514. The second-order valence-corrected chi connectivity index (χ2v) is 5.51. The summed E-state index contributed by atoms with van der Waals surface area (Å²) >= 11 is 4.47. The topological polar surface area (TPSA) is 43.7 Å². The summed E-state index contributed by atoms with van der Waals surface area (Å²) in [5, 5.41) is 19.0. The molecule has 0 amide bonds. The molecule has 88 valence electrons. The molecule has 2 aliphatic rings. The Balaban J connectivity index is 1.90. The van der Waals surface area contributed by atoms with Gasteiger partial charge < -0.3 is 10.2 Å². The van der Waals surface area contributed by atoms with Crippen molar-refractivity contribution in [2.45, 2.75) is 37.9 Å². The molecule has 2 rings (SSSR count). The van der Waals surface area contributed by atoms with E-state index in [0.717, 1.165) is 12.3 Å². The highest BCUT2D eigenvalue weighted by Gasteiger charge is 2.38. The first-order chi connectivity index (χ1) is 7.15. The largest absolute Gasteiger partial charge is 0.389 e. The van der Waals surface area contributed by atoms with Gasteiger partial charge in [-0.15, -0.1) is 0 Å². The second kappa shape index (κ2) is 4.62. The van der Waals surface area contributed by atoms with Crippen molar-refractivity contribution < 1.29 is 10.2 Å². The summed E-state index contributed by atoms with van der Waals surface area (Å²) in [6.07, 6.45) is 4.00. The Kier molecular flexibility index (Phi) is 3.60. The van der Waals surface area contributed by atoms with Gasteiger partial charge in [-0.2, -0.15) is 12.6 Å². The number of thiol groups is 1. The van der Waals surface area contributed by atoms with E-state index in [0.29, 0.717) is 18.5 Å². The minimum atomic E-state index is -0.552. The average Bonchev–Trinajstić information content (AvgIpc) is 2.77. The molecule has 0 spiro atoms. The first-order valence-corrected chi connectivity index (χ1v) is 6.48. The molecule has 2 atom stereocenters. The summed E-state index contributed by atoms with van der Waals surface area (Å²) < 4.78 is 0. The molecule has 0 radical (unpaired) electrons. The Bertz CT molecular complexity index is 209. The van der Waals surface area contributed by atoms with Crippen LogP contribution in [0.3, 0.4) is 0 Å². The maximum Gasteiger partial charge on any atom is 0.0938 e. The van der Waals surface area contributed by atoms with Gasteiger partial charge in [0.05, 0.1) is 12.2 Å². The van der Waals surface area contributed by atoms with Crippen molar-refractivity contribution in [3.05, 3.63) is 0 Å². The molecule has 1 heterocycles. The molecule has 4 heteroatoms. The molecule has 15 heavy (non-hydrogen) atoms. The molecule has 2 N–H and O–H groups in total. The Morgan fingerprint density at radius 3 is 2.13 bits per heavy atom. The van der Waals surface area contributed by atoms with Gasteiger partial charge in [-0.25, -0.2) is 0 Å². The van der Waals surface area contributed by atoms with Crippen molar-refractivity contribution in [3.63, 3.8) is 0 Å². The predicted molar refractivity (Wildman–Crippen MR) is 63.2 cm³/mol. The van der Waals surface area contributed by atoms with E-state index in [1.54, 1.807) is 0 Å². The van der Waals surface area contributed by atoms with E-state index in [9.17, 15) is 10.2 Å². The number of hydrogen-bond acceptors (Lipinski definition) is 4. The molecule has 1 saturated carbocycles. The number of hydrogen-bond donors (Lipinski definition) is 3. The van der Waals surface area contributed by atoms with Gasteiger partial charge in [-0.1, -0.05) is 12.8 Å². The Hall–Kier alpha value is 0.230. The number of likely N-dealkylation sites (tertiary alicyclic amines) is 1. The lowest BCUT2D eigenvalue weighted by Gasteiger charge is -2.31. The third-order valence-corrected chi connectivity index (χ3v) is 4.56. The fraction of sp³-hybridized carbons (Fsp3) is 1.00. The molecular weight excluding hydrogens is 210 g/mol. The summed E-state index contributed by atoms with van der Waals surface area (Å²) in [7, 11) is 0. The Morgan fingerprint density at radius 2 is 1.67 bits per heavy atom. The number of aliphatic hydroxyl groups excluding tert-OH is 2. The smallest absolute Gasteiger partial charge is 0.0938 e. The monoisotopic (exact) mass is 231 g/mol. The van der Waals surface area contributed by atoms with Crippen LogP contribution in [0.1, 0.15) is 25.7 Å². The molecule has 0 aromatic carbocycles. The number of β-amino-alcohol motifs (C(OH)–C–C–N with tert-alkyl or cyclic N) is 2. The van der Waals surface area contributed by atoms with E-state index in [-0.39, 0.29) is 0 Å². The highest BCUT2D eigenvalue weighted by Crippen LogP contribution is 2.40. The standard InChI is InChI=1S/C11H21NO2S/c13-9-5-12(6-10(9)14)7-11(8-15)3-1-2-4-11/h9-10,13-15H,1-8H2. The molecule has 3 nitrogen and oxygen atoms in total. The van der Waals surface area contributed by atoms with E-state index in [1.165, 1.54) is 25.7 Å². The third kappa shape index (κ3) is 2.49. The van der Waals surface area contributed by atoms with Crippen LogP contribution in [-0.2, 0) is 0 Å². The summed E-state index contributed by atoms with van der Waals surface area (Å²) in [6.45, 7) is 2.23. The van der Waals surface area contributed by atoms with Crippen molar-refractivity contribution >= 4 is 12.6 Å². The molecule has 1 aliphatic heterocycles. The molecule has 0 bridgehead atoms. The van der Waals surface area contributed by atoms with Crippen LogP contribution in [-0.4, -0.2) is 52.7 Å². The molecule has 2 fully saturated rings. The highest BCUT2D eigenvalue weighted by atomic mass is 32.1. The van der Waals surface area contributed by atoms with Gasteiger partial charge in [0.25, 0.3) is 0 Å². The normalized spacial score (nSPS) is 36.2. The van der Waals surface area contributed by atoms with Gasteiger partial charge in [0, 0.05) is 19.6 Å². The number of aliphatic hydroxyl groups is 2. The Labute approximate surface area is 96.9 Å². The summed E-state index contributed by atoms with van der Waals surface area (Å²) in [6, 6.07) is 0. The van der Waals surface area contributed by atoms with Crippen LogP contribution < -0.4 is 0 Å². The minimum Gasteiger partial charge on any atom is -0.389 e. The van der Waals surface area contributed by atoms with E-state index in [4.69, 9.17) is 0 Å². The lowest BCUT2D eigenvalue weighted by Crippen LogP contribution is -2.36. The summed E-state index contributed by atoms with van der Waals surface area (Å²) in [4.78, 5) is 2.19. The van der Waals surface area contributed by atoms with Crippen LogP contribution in [0.25, 0.3) is 0 Å². The van der Waals surface area contributed by atoms with Crippen molar-refractivity contribution in [1.29, 1.82) is 0 Å². The molecule has 0 aromatic rings. The first kappa shape index (κ1) is 11.7. The average molecular weight is 231 g/mol. The lowest BCUT2D eigenvalue weighted by atomic mass is 9.88. The third-order valence-electron chi connectivity index (χ3n) is 3.89. The van der Waals surface area contributed by atoms with E-state index in [1.807, 2.05) is 0 Å². The van der Waals surface area contributed by atoms with Gasteiger partial charge in [-0.3, -0.25) is 4.90 Å². The van der Waals surface area contributed by atoms with Crippen molar-refractivity contribution in [2.75, 3.05) is 25.4 Å². The number of nitrogens with zero attached hydrogens (tertiary/aromatic N) is 1. The second-order valence-electron chi connectivity index (χ2n) is 5.19. The quantitative estimate of drug-likeness (QED) is 0.620. The first-order valence-electron chi connectivity index (χ1n) is 5.85. The summed E-state index contributed by atoms with van der Waals surface area (Å²) in [5.41, 5.74) is 0.340. The van der Waals surface area contributed by atoms with Crippen LogP contribution in [0.2, 0.25) is 0 Å². The zero-order valence-corrected chi connectivity index (χ0v) is 9.99. The maximum atomic E-state index is 9.49. The fourth-order valence-electron chi connectivity index (χ4n) is 2.94. The van der Waals surface area contributed by atoms with Gasteiger partial charge >= 0.3 is 0 Å². The lowest BCUT2D eigenvalue weighted by molar-refractivity contribution is 0.0572. The zero-order chi connectivity index (χ0) is 10.9. The SMILES string of the molecule is OC1CN(CC2(CS)CCCC2)CC1O. The van der Waals surface area contributed by atoms with Crippen molar-refractivity contribution in [1.82, 2.24) is 4.90 Å². The van der Waals surface area contributed by atoms with Gasteiger partial charge in [-0.05, 0) is 24.0 Å². The number of rotatable bonds is 3. The van der Waals surface area contributed by atoms with Crippen LogP contribution in [0.15, 0.2) is 0 Å². The van der Waals surface area contributed by atoms with Gasteiger partial charge in [0.1, 0.15) is 0 Å². The molecule has 2 unspecified atom stereocenters.